The topological polar surface area (TPSA) is 17.1 Å². The van der Waals surface area contributed by atoms with E-state index in [1.165, 1.54) is 0 Å². The fourth-order valence-electron chi connectivity index (χ4n) is 2.56. The molecule has 19 heavy (non-hydrogen) atoms. The summed E-state index contributed by atoms with van der Waals surface area (Å²) in [7, 11) is 0. The zero-order chi connectivity index (χ0) is 13.5. The van der Waals surface area contributed by atoms with Crippen LogP contribution in [0.3, 0.4) is 0 Å². The molecule has 1 atom stereocenters. The number of rotatable bonds is 2. The summed E-state index contributed by atoms with van der Waals surface area (Å²) in [4.78, 5) is 12.8. The van der Waals surface area contributed by atoms with E-state index >= 15 is 0 Å². The van der Waals surface area contributed by atoms with E-state index in [4.69, 9.17) is 0 Å². The van der Waals surface area contributed by atoms with Crippen molar-refractivity contribution in [2.24, 2.45) is 0 Å². The molecule has 0 aromatic heterocycles. The van der Waals surface area contributed by atoms with Crippen molar-refractivity contribution in [3.05, 3.63) is 75.8 Å². The van der Waals surface area contributed by atoms with Crippen LogP contribution in [0.5, 0.6) is 0 Å². The largest absolute Gasteiger partial charge is 0.293 e. The van der Waals surface area contributed by atoms with E-state index in [1.807, 2.05) is 67.6 Å². The van der Waals surface area contributed by atoms with E-state index in [1.54, 1.807) is 0 Å². The van der Waals surface area contributed by atoms with Gasteiger partial charge in [0.05, 0.1) is 5.41 Å². The van der Waals surface area contributed by atoms with Crippen LogP contribution < -0.4 is 0 Å². The Morgan fingerprint density at radius 1 is 1.05 bits per heavy atom. The maximum atomic E-state index is 12.8. The van der Waals surface area contributed by atoms with Gasteiger partial charge in [0.2, 0.25) is 0 Å². The molecule has 0 N–H and O–H groups in total. The molecule has 3 rings (SSSR count). The van der Waals surface area contributed by atoms with Crippen LogP contribution in [0.25, 0.3) is 6.08 Å². The standard InChI is InChI=1S/C17H13BrO/c1-17(11-10-12-4-2-3-5-15(12)17)16(19)13-6-8-14(18)9-7-13/h2-11H,1H3/t17-/m1/s1. The molecule has 1 aliphatic carbocycles. The van der Waals surface area contributed by atoms with Gasteiger partial charge in [-0.1, -0.05) is 64.5 Å². The van der Waals surface area contributed by atoms with E-state index in [9.17, 15) is 4.79 Å². The normalized spacial score (nSPS) is 20.3. The molecule has 2 aromatic carbocycles. The Hall–Kier alpha value is -1.67. The van der Waals surface area contributed by atoms with Gasteiger partial charge < -0.3 is 0 Å². The summed E-state index contributed by atoms with van der Waals surface area (Å²) in [5.41, 5.74) is 2.41. The van der Waals surface area contributed by atoms with E-state index in [0.29, 0.717) is 0 Å². The van der Waals surface area contributed by atoms with Crippen LogP contribution in [0.2, 0.25) is 0 Å². The maximum absolute atomic E-state index is 12.8. The average Bonchev–Trinajstić information content (AvgIpc) is 2.78. The van der Waals surface area contributed by atoms with Crippen molar-refractivity contribution in [2.45, 2.75) is 12.3 Å². The molecule has 0 fully saturated rings. The van der Waals surface area contributed by atoms with Crippen LogP contribution in [0.15, 0.2) is 59.1 Å². The molecule has 0 unspecified atom stereocenters. The molecule has 0 spiro atoms. The predicted octanol–water partition coefficient (Wildman–Crippen LogP) is 4.62. The first-order valence-corrected chi connectivity index (χ1v) is 7.00. The first-order chi connectivity index (χ1) is 9.11. The lowest BCUT2D eigenvalue weighted by molar-refractivity contribution is 0.0929. The van der Waals surface area contributed by atoms with Gasteiger partial charge in [0.25, 0.3) is 0 Å². The smallest absolute Gasteiger partial charge is 0.176 e. The van der Waals surface area contributed by atoms with Gasteiger partial charge in [-0.2, -0.15) is 0 Å². The molecule has 2 aromatic rings. The second-order valence-electron chi connectivity index (χ2n) is 4.96. The summed E-state index contributed by atoms with van der Waals surface area (Å²) < 4.78 is 0.983. The third-order valence-electron chi connectivity index (χ3n) is 3.69. The first kappa shape index (κ1) is 12.4. The third kappa shape index (κ3) is 1.96. The molecule has 1 aliphatic rings. The molecule has 0 bridgehead atoms. The number of hydrogen-bond acceptors (Lipinski definition) is 1. The zero-order valence-electron chi connectivity index (χ0n) is 10.6. The number of Topliss-reactive ketones (excluding diaryl/α,β-unsaturated/α-hetero) is 1. The van der Waals surface area contributed by atoms with Crippen molar-refractivity contribution >= 4 is 27.8 Å². The fourth-order valence-corrected chi connectivity index (χ4v) is 2.82. The van der Waals surface area contributed by atoms with Gasteiger partial charge in [0.15, 0.2) is 5.78 Å². The summed E-state index contributed by atoms with van der Waals surface area (Å²) in [6.45, 7) is 1.99. The lowest BCUT2D eigenvalue weighted by atomic mass is 9.78. The van der Waals surface area contributed by atoms with Crippen LogP contribution in [0.4, 0.5) is 0 Å². The Kier molecular flexibility index (Phi) is 2.90. The second kappa shape index (κ2) is 4.46. The molecule has 0 radical (unpaired) electrons. The molecule has 94 valence electrons. The molecule has 0 amide bonds. The van der Waals surface area contributed by atoms with Gasteiger partial charge >= 0.3 is 0 Å². The number of hydrogen-bond donors (Lipinski definition) is 0. The number of ketones is 1. The summed E-state index contributed by atoms with van der Waals surface area (Å²) in [6, 6.07) is 15.6. The minimum atomic E-state index is -0.551. The summed E-state index contributed by atoms with van der Waals surface area (Å²) in [5, 5.41) is 0. The quantitative estimate of drug-likeness (QED) is 0.740. The van der Waals surface area contributed by atoms with Crippen LogP contribution in [-0.4, -0.2) is 5.78 Å². The summed E-state index contributed by atoms with van der Waals surface area (Å²) in [5.74, 6) is 0.140. The Morgan fingerprint density at radius 3 is 2.47 bits per heavy atom. The van der Waals surface area contributed by atoms with Gasteiger partial charge in [-0.3, -0.25) is 4.79 Å². The highest BCUT2D eigenvalue weighted by Crippen LogP contribution is 2.38. The van der Waals surface area contributed by atoms with Crippen molar-refractivity contribution in [2.75, 3.05) is 0 Å². The molecule has 0 heterocycles. The number of carbonyl (C=O) groups excluding carboxylic acids is 1. The van der Waals surface area contributed by atoms with Gasteiger partial charge in [-0.15, -0.1) is 0 Å². The van der Waals surface area contributed by atoms with Crippen molar-refractivity contribution in [1.29, 1.82) is 0 Å². The predicted molar refractivity (Wildman–Crippen MR) is 81.3 cm³/mol. The van der Waals surface area contributed by atoms with Crippen LogP contribution in [-0.2, 0) is 5.41 Å². The number of fused-ring (bicyclic) bond motifs is 1. The second-order valence-corrected chi connectivity index (χ2v) is 5.87. The molecular formula is C17H13BrO. The maximum Gasteiger partial charge on any atom is 0.176 e. The molecule has 1 nitrogen and oxygen atoms in total. The number of allylic oxidation sites excluding steroid dienone is 1. The molecular weight excluding hydrogens is 300 g/mol. The Balaban J connectivity index is 2.05. The van der Waals surface area contributed by atoms with Gasteiger partial charge in [-0.25, -0.2) is 0 Å². The van der Waals surface area contributed by atoms with Crippen molar-refractivity contribution in [3.8, 4) is 0 Å². The third-order valence-corrected chi connectivity index (χ3v) is 4.22. The Labute approximate surface area is 121 Å². The Bertz CT molecular complexity index is 670. The molecule has 2 heteroatoms. The lowest BCUT2D eigenvalue weighted by Gasteiger charge is -2.22. The van der Waals surface area contributed by atoms with Crippen LogP contribution in [0.1, 0.15) is 28.4 Å². The van der Waals surface area contributed by atoms with Gasteiger partial charge in [-0.05, 0) is 30.2 Å². The minimum Gasteiger partial charge on any atom is -0.293 e. The average molecular weight is 313 g/mol. The zero-order valence-corrected chi connectivity index (χ0v) is 12.1. The van der Waals surface area contributed by atoms with Gasteiger partial charge in [0, 0.05) is 10.0 Å². The van der Waals surface area contributed by atoms with Crippen LogP contribution >= 0.6 is 15.9 Å². The summed E-state index contributed by atoms with van der Waals surface area (Å²) >= 11 is 3.39. The highest BCUT2D eigenvalue weighted by Gasteiger charge is 2.37. The highest BCUT2D eigenvalue weighted by molar-refractivity contribution is 9.10. The van der Waals surface area contributed by atoms with Crippen molar-refractivity contribution in [3.63, 3.8) is 0 Å². The van der Waals surface area contributed by atoms with Crippen LogP contribution in [0, 0.1) is 0 Å². The SMILES string of the molecule is C[C@@]1(C(=O)c2ccc(Br)cc2)C=Cc2ccccc21. The number of carbonyl (C=O) groups is 1. The first-order valence-electron chi connectivity index (χ1n) is 6.20. The van der Waals surface area contributed by atoms with E-state index < -0.39 is 5.41 Å². The van der Waals surface area contributed by atoms with Crippen molar-refractivity contribution in [1.82, 2.24) is 0 Å². The monoisotopic (exact) mass is 312 g/mol. The molecule has 0 saturated heterocycles. The summed E-state index contributed by atoms with van der Waals surface area (Å²) in [6.07, 6.45) is 4.04. The van der Waals surface area contributed by atoms with E-state index in [2.05, 4.69) is 15.9 Å². The highest BCUT2D eigenvalue weighted by atomic mass is 79.9. The molecule has 0 aliphatic heterocycles. The number of halogens is 1. The lowest BCUT2D eigenvalue weighted by Crippen LogP contribution is -2.29. The van der Waals surface area contributed by atoms with Gasteiger partial charge in [0.1, 0.15) is 0 Å². The van der Waals surface area contributed by atoms with E-state index in [0.717, 1.165) is 21.2 Å². The Morgan fingerprint density at radius 2 is 1.74 bits per heavy atom. The number of benzene rings is 2. The van der Waals surface area contributed by atoms with Crippen molar-refractivity contribution < 1.29 is 4.79 Å². The molecule has 0 saturated carbocycles. The fraction of sp³-hybridized carbons (Fsp3) is 0.118. The minimum absolute atomic E-state index is 0.140. The van der Waals surface area contributed by atoms with E-state index in [-0.39, 0.29) is 5.78 Å².